The van der Waals surface area contributed by atoms with Crippen LogP contribution in [0.1, 0.15) is 12.8 Å². The first kappa shape index (κ1) is 10.9. The number of hydrogen-bond acceptors (Lipinski definition) is 3. The number of rotatable bonds is 5. The molecule has 1 rings (SSSR count). The van der Waals surface area contributed by atoms with E-state index in [2.05, 4.69) is 10.6 Å². The number of carbonyl (C=O) groups excluding carboxylic acids is 1. The van der Waals surface area contributed by atoms with Crippen LogP contribution in [0.25, 0.3) is 0 Å². The summed E-state index contributed by atoms with van der Waals surface area (Å²) in [5.74, 6) is 1.52. The summed E-state index contributed by atoms with van der Waals surface area (Å²) in [5, 5.41) is 6.24. The molecule has 1 heterocycles. The van der Waals surface area contributed by atoms with Gasteiger partial charge in [-0.3, -0.25) is 4.79 Å². The predicted molar refractivity (Wildman–Crippen MR) is 57.0 cm³/mol. The van der Waals surface area contributed by atoms with Gasteiger partial charge in [-0.1, -0.05) is 0 Å². The molecular formula is C9H18N2OS. The number of thioether (sulfide) groups is 1. The lowest BCUT2D eigenvalue weighted by molar-refractivity contribution is -0.118. The second kappa shape index (κ2) is 6.27. The van der Waals surface area contributed by atoms with Crippen molar-refractivity contribution in [2.45, 2.75) is 12.8 Å². The molecule has 0 radical (unpaired) electrons. The molecular weight excluding hydrogens is 184 g/mol. The highest BCUT2D eigenvalue weighted by molar-refractivity contribution is 7.99. The fraction of sp³-hybridized carbons (Fsp3) is 0.889. The lowest BCUT2D eigenvalue weighted by atomic mass is 10.1. The largest absolute Gasteiger partial charge is 0.355 e. The van der Waals surface area contributed by atoms with E-state index in [0.29, 0.717) is 5.75 Å². The average Bonchev–Trinajstić information content (AvgIpc) is 2.57. The molecule has 1 atom stereocenters. The van der Waals surface area contributed by atoms with Gasteiger partial charge >= 0.3 is 0 Å². The van der Waals surface area contributed by atoms with Gasteiger partial charge in [-0.25, -0.2) is 0 Å². The zero-order valence-corrected chi connectivity index (χ0v) is 8.95. The molecule has 76 valence electrons. The summed E-state index contributed by atoms with van der Waals surface area (Å²) in [6, 6.07) is 0. The van der Waals surface area contributed by atoms with E-state index in [0.717, 1.165) is 32.0 Å². The van der Waals surface area contributed by atoms with E-state index in [1.165, 1.54) is 6.42 Å². The molecule has 0 saturated carbocycles. The van der Waals surface area contributed by atoms with Gasteiger partial charge in [-0.15, -0.1) is 0 Å². The zero-order chi connectivity index (χ0) is 9.52. The van der Waals surface area contributed by atoms with E-state index >= 15 is 0 Å². The minimum Gasteiger partial charge on any atom is -0.355 e. The quantitative estimate of drug-likeness (QED) is 0.681. The molecule has 3 nitrogen and oxygen atoms in total. The lowest BCUT2D eigenvalue weighted by Crippen LogP contribution is -2.27. The summed E-state index contributed by atoms with van der Waals surface area (Å²) in [4.78, 5) is 11.1. The van der Waals surface area contributed by atoms with Crippen molar-refractivity contribution in [2.24, 2.45) is 5.92 Å². The van der Waals surface area contributed by atoms with Crippen LogP contribution >= 0.6 is 11.8 Å². The molecule has 2 N–H and O–H groups in total. The third-order valence-corrected chi connectivity index (χ3v) is 2.86. The molecule has 0 aromatic carbocycles. The SMILES string of the molecule is CSCC(=O)NCCC1CCNC1. The Morgan fingerprint density at radius 2 is 2.54 bits per heavy atom. The van der Waals surface area contributed by atoms with E-state index < -0.39 is 0 Å². The molecule has 1 aliphatic rings. The second-order valence-corrected chi connectivity index (χ2v) is 4.30. The smallest absolute Gasteiger partial charge is 0.229 e. The maximum absolute atomic E-state index is 11.1. The third kappa shape index (κ3) is 4.52. The monoisotopic (exact) mass is 202 g/mol. The first-order valence-corrected chi connectivity index (χ1v) is 6.18. The molecule has 1 aliphatic heterocycles. The highest BCUT2D eigenvalue weighted by Gasteiger charge is 2.13. The Hall–Kier alpha value is -0.220. The molecule has 1 fully saturated rings. The molecule has 0 aliphatic carbocycles. The van der Waals surface area contributed by atoms with Crippen LogP contribution in [0.2, 0.25) is 0 Å². The minimum atomic E-state index is 0.165. The van der Waals surface area contributed by atoms with E-state index in [1.807, 2.05) is 6.26 Å². The molecule has 13 heavy (non-hydrogen) atoms. The van der Waals surface area contributed by atoms with Crippen LogP contribution in [0.4, 0.5) is 0 Å². The van der Waals surface area contributed by atoms with Crippen LogP contribution in [0, 0.1) is 5.92 Å². The van der Waals surface area contributed by atoms with E-state index in [1.54, 1.807) is 11.8 Å². The van der Waals surface area contributed by atoms with Crippen molar-refractivity contribution >= 4 is 17.7 Å². The topological polar surface area (TPSA) is 41.1 Å². The Morgan fingerprint density at radius 1 is 1.69 bits per heavy atom. The predicted octanol–water partition coefficient (Wildman–Crippen LogP) is 0.465. The van der Waals surface area contributed by atoms with Crippen molar-refractivity contribution in [3.63, 3.8) is 0 Å². The van der Waals surface area contributed by atoms with Gasteiger partial charge in [0.25, 0.3) is 0 Å². The van der Waals surface area contributed by atoms with Gasteiger partial charge in [0, 0.05) is 6.54 Å². The maximum Gasteiger partial charge on any atom is 0.229 e. The Bertz CT molecular complexity index is 158. The van der Waals surface area contributed by atoms with Gasteiger partial charge in [0.05, 0.1) is 5.75 Å². The first-order chi connectivity index (χ1) is 6.33. The highest BCUT2D eigenvalue weighted by Crippen LogP contribution is 2.10. The molecule has 1 saturated heterocycles. The Kier molecular flexibility index (Phi) is 5.23. The van der Waals surface area contributed by atoms with Crippen molar-refractivity contribution in [3.8, 4) is 0 Å². The zero-order valence-electron chi connectivity index (χ0n) is 8.14. The highest BCUT2D eigenvalue weighted by atomic mass is 32.2. The van der Waals surface area contributed by atoms with Crippen LogP contribution < -0.4 is 10.6 Å². The Morgan fingerprint density at radius 3 is 3.15 bits per heavy atom. The molecule has 0 bridgehead atoms. The van der Waals surface area contributed by atoms with Crippen molar-refractivity contribution in [3.05, 3.63) is 0 Å². The lowest BCUT2D eigenvalue weighted by Gasteiger charge is -2.08. The maximum atomic E-state index is 11.1. The third-order valence-electron chi connectivity index (χ3n) is 2.31. The fourth-order valence-corrected chi connectivity index (χ4v) is 1.92. The van der Waals surface area contributed by atoms with Crippen LogP contribution in [0.5, 0.6) is 0 Å². The van der Waals surface area contributed by atoms with Gasteiger partial charge < -0.3 is 10.6 Å². The summed E-state index contributed by atoms with van der Waals surface area (Å²) >= 11 is 1.57. The average molecular weight is 202 g/mol. The molecule has 0 aromatic rings. The number of nitrogens with one attached hydrogen (secondary N) is 2. The van der Waals surface area contributed by atoms with E-state index in [-0.39, 0.29) is 5.91 Å². The van der Waals surface area contributed by atoms with Crippen molar-refractivity contribution in [1.29, 1.82) is 0 Å². The van der Waals surface area contributed by atoms with Gasteiger partial charge in [0.2, 0.25) is 5.91 Å². The molecule has 1 unspecified atom stereocenters. The molecule has 1 amide bonds. The van der Waals surface area contributed by atoms with Crippen LogP contribution in [-0.2, 0) is 4.79 Å². The number of carbonyl (C=O) groups is 1. The summed E-state index contributed by atoms with van der Waals surface area (Å²) in [6.07, 6.45) is 4.33. The van der Waals surface area contributed by atoms with Crippen LogP contribution in [0.15, 0.2) is 0 Å². The molecule has 4 heteroatoms. The van der Waals surface area contributed by atoms with E-state index in [4.69, 9.17) is 0 Å². The van der Waals surface area contributed by atoms with Crippen molar-refractivity contribution in [1.82, 2.24) is 10.6 Å². The van der Waals surface area contributed by atoms with Gasteiger partial charge in [0.1, 0.15) is 0 Å². The summed E-state index contributed by atoms with van der Waals surface area (Å²) in [5.41, 5.74) is 0. The number of hydrogen-bond donors (Lipinski definition) is 2. The van der Waals surface area contributed by atoms with Gasteiger partial charge in [-0.05, 0) is 38.1 Å². The van der Waals surface area contributed by atoms with E-state index in [9.17, 15) is 4.79 Å². The normalized spacial score (nSPS) is 21.8. The summed E-state index contributed by atoms with van der Waals surface area (Å²) < 4.78 is 0. The fourth-order valence-electron chi connectivity index (χ4n) is 1.56. The van der Waals surface area contributed by atoms with Crippen molar-refractivity contribution < 1.29 is 4.79 Å². The summed E-state index contributed by atoms with van der Waals surface area (Å²) in [7, 11) is 0. The summed E-state index contributed by atoms with van der Waals surface area (Å²) in [6.45, 7) is 3.10. The van der Waals surface area contributed by atoms with Crippen molar-refractivity contribution in [2.75, 3.05) is 31.6 Å². The van der Waals surface area contributed by atoms with Gasteiger partial charge in [-0.2, -0.15) is 11.8 Å². The molecule has 0 spiro atoms. The Balaban J connectivity index is 1.96. The van der Waals surface area contributed by atoms with Crippen LogP contribution in [-0.4, -0.2) is 37.6 Å². The minimum absolute atomic E-state index is 0.165. The second-order valence-electron chi connectivity index (χ2n) is 3.43. The molecule has 0 aromatic heterocycles. The Labute approximate surface area is 84.0 Å². The standard InChI is InChI=1S/C9H18N2OS/c1-13-7-9(12)11-5-3-8-2-4-10-6-8/h8,10H,2-7H2,1H3,(H,11,12). The first-order valence-electron chi connectivity index (χ1n) is 4.79. The van der Waals surface area contributed by atoms with Crippen LogP contribution in [0.3, 0.4) is 0 Å². The van der Waals surface area contributed by atoms with Gasteiger partial charge in [0.15, 0.2) is 0 Å². The number of amides is 1.